The van der Waals surface area contributed by atoms with E-state index in [9.17, 15) is 9.18 Å². The number of rotatable bonds is 1. The third-order valence-electron chi connectivity index (χ3n) is 1.03. The van der Waals surface area contributed by atoms with Gasteiger partial charge in [-0.15, -0.1) is 0 Å². The van der Waals surface area contributed by atoms with Crippen LogP contribution >= 0.6 is 0 Å². The van der Waals surface area contributed by atoms with Crippen molar-refractivity contribution in [2.45, 2.75) is 0 Å². The topological polar surface area (TPSA) is 17.1 Å². The van der Waals surface area contributed by atoms with Crippen molar-refractivity contribution < 1.29 is 9.18 Å². The standard InChI is InChI=1S/C7H5FO/c8-7-4-2-1-3-6(7)5-9/h1-5H/i8-1. The molecule has 0 spiro atoms. The minimum absolute atomic E-state index is 0.109. The van der Waals surface area contributed by atoms with E-state index in [1.54, 1.807) is 12.1 Å². The summed E-state index contributed by atoms with van der Waals surface area (Å²) in [4.78, 5) is 9.99. The van der Waals surface area contributed by atoms with Gasteiger partial charge >= 0.3 is 0 Å². The Morgan fingerprint density at radius 1 is 1.33 bits per heavy atom. The average molecular weight is 123 g/mol. The van der Waals surface area contributed by atoms with Gasteiger partial charge in [0.2, 0.25) is 0 Å². The van der Waals surface area contributed by atoms with Crippen LogP contribution in [0, 0.1) is 5.82 Å². The molecule has 0 N–H and O–H groups in total. The van der Waals surface area contributed by atoms with Crippen LogP contribution < -0.4 is 0 Å². The Hall–Kier alpha value is -1.18. The zero-order chi connectivity index (χ0) is 6.69. The van der Waals surface area contributed by atoms with E-state index in [0.717, 1.165) is 0 Å². The second kappa shape index (κ2) is 2.40. The van der Waals surface area contributed by atoms with Crippen LogP contribution in [-0.4, -0.2) is 6.29 Å². The molecule has 1 aromatic rings. The second-order valence-corrected chi connectivity index (χ2v) is 1.64. The Morgan fingerprint density at radius 3 is 2.44 bits per heavy atom. The number of benzene rings is 1. The predicted octanol–water partition coefficient (Wildman–Crippen LogP) is 1.64. The van der Waals surface area contributed by atoms with E-state index in [1.165, 1.54) is 12.1 Å². The largest absolute Gasteiger partial charge is 0.298 e. The molecule has 46 valence electrons. The third kappa shape index (κ3) is 1.13. The molecule has 0 amide bonds. The zero-order valence-electron chi connectivity index (χ0n) is 4.67. The molecule has 0 fully saturated rings. The van der Waals surface area contributed by atoms with Gasteiger partial charge in [0, 0.05) is 0 Å². The summed E-state index contributed by atoms with van der Waals surface area (Å²) < 4.78 is 12.4. The van der Waals surface area contributed by atoms with E-state index in [-0.39, 0.29) is 5.56 Å². The van der Waals surface area contributed by atoms with Crippen LogP contribution in [0.5, 0.6) is 0 Å². The van der Waals surface area contributed by atoms with Gasteiger partial charge in [0.1, 0.15) is 5.82 Å². The quantitative estimate of drug-likeness (QED) is 0.519. The summed E-state index contributed by atoms with van der Waals surface area (Å²) in [5, 5.41) is 0. The van der Waals surface area contributed by atoms with E-state index in [0.29, 0.717) is 6.29 Å². The van der Waals surface area contributed by atoms with Crippen LogP contribution in [0.2, 0.25) is 0 Å². The first-order chi connectivity index (χ1) is 4.34. The van der Waals surface area contributed by atoms with Gasteiger partial charge in [0.05, 0.1) is 5.56 Å². The SMILES string of the molecule is O=Cc1ccccc1[18F]. The van der Waals surface area contributed by atoms with Crippen molar-refractivity contribution in [3.05, 3.63) is 35.6 Å². The summed E-state index contributed by atoms with van der Waals surface area (Å²) in [6.07, 6.45) is 0.495. The Kier molecular flexibility index (Phi) is 1.58. The Labute approximate surface area is 52.1 Å². The Bertz CT molecular complexity index is 220. The number of hydrogen-bond donors (Lipinski definition) is 0. The molecule has 0 radical (unpaired) electrons. The van der Waals surface area contributed by atoms with Crippen LogP contribution in [0.4, 0.5) is 4.39 Å². The lowest BCUT2D eigenvalue weighted by Crippen LogP contribution is -1.83. The lowest BCUT2D eigenvalue weighted by atomic mass is 10.2. The van der Waals surface area contributed by atoms with Crippen LogP contribution in [0.15, 0.2) is 24.3 Å². The molecule has 1 nitrogen and oxygen atoms in total. The summed E-state index contributed by atoms with van der Waals surface area (Å²) in [6, 6.07) is 5.85. The fraction of sp³-hybridized carbons (Fsp3) is 0. The number of carbonyl (C=O) groups excluding carboxylic acids is 1. The van der Waals surface area contributed by atoms with Gasteiger partial charge in [0.15, 0.2) is 6.29 Å². The molecule has 2 heteroatoms. The lowest BCUT2D eigenvalue weighted by Gasteiger charge is -1.88. The fourth-order valence-electron chi connectivity index (χ4n) is 0.571. The van der Waals surface area contributed by atoms with Gasteiger partial charge in [-0.1, -0.05) is 12.1 Å². The highest BCUT2D eigenvalue weighted by Crippen LogP contribution is 2.01. The summed E-state index contributed by atoms with van der Waals surface area (Å²) in [5.74, 6) is -0.465. The first kappa shape index (κ1) is 5.95. The molecule has 0 unspecified atom stereocenters. The van der Waals surface area contributed by atoms with E-state index in [4.69, 9.17) is 0 Å². The van der Waals surface area contributed by atoms with Crippen molar-refractivity contribution in [3.8, 4) is 0 Å². The highest BCUT2D eigenvalue weighted by Gasteiger charge is 1.94. The molecule has 0 aliphatic heterocycles. The smallest absolute Gasteiger partial charge is 0.152 e. The first-order valence-electron chi connectivity index (χ1n) is 2.54. The molecular formula is C7H5FO. The summed E-state index contributed by atoms with van der Waals surface area (Å²) in [5.41, 5.74) is 0.109. The van der Waals surface area contributed by atoms with Crippen LogP contribution in [0.25, 0.3) is 0 Å². The van der Waals surface area contributed by atoms with Crippen molar-refractivity contribution in [2.75, 3.05) is 0 Å². The molecule has 0 aliphatic carbocycles. The van der Waals surface area contributed by atoms with E-state index in [1.807, 2.05) is 0 Å². The molecule has 0 aromatic heterocycles. The van der Waals surface area contributed by atoms with Gasteiger partial charge in [0.25, 0.3) is 0 Å². The molecule has 0 heterocycles. The van der Waals surface area contributed by atoms with Crippen LogP contribution in [0.3, 0.4) is 0 Å². The molecule has 1 rings (SSSR count). The van der Waals surface area contributed by atoms with Crippen molar-refractivity contribution in [2.24, 2.45) is 0 Å². The lowest BCUT2D eigenvalue weighted by molar-refractivity contribution is 0.112. The molecule has 9 heavy (non-hydrogen) atoms. The van der Waals surface area contributed by atoms with Gasteiger partial charge in [-0.3, -0.25) is 4.79 Å². The summed E-state index contributed by atoms with van der Waals surface area (Å²) in [7, 11) is 0. The number of halogens is 1. The number of carbonyl (C=O) groups is 1. The molecule has 1 aromatic carbocycles. The summed E-state index contributed by atoms with van der Waals surface area (Å²) in [6.45, 7) is 0. The predicted molar refractivity (Wildman–Crippen MR) is 31.8 cm³/mol. The van der Waals surface area contributed by atoms with Crippen LogP contribution in [0.1, 0.15) is 10.4 Å². The minimum Gasteiger partial charge on any atom is -0.298 e. The Morgan fingerprint density at radius 2 is 2.00 bits per heavy atom. The summed E-state index contributed by atoms with van der Waals surface area (Å²) >= 11 is 0. The van der Waals surface area contributed by atoms with Crippen molar-refractivity contribution in [1.29, 1.82) is 0 Å². The molecule has 0 aliphatic rings. The number of hydrogen-bond acceptors (Lipinski definition) is 1. The first-order valence-corrected chi connectivity index (χ1v) is 2.54. The van der Waals surface area contributed by atoms with Gasteiger partial charge in [-0.25, -0.2) is 4.39 Å². The second-order valence-electron chi connectivity index (χ2n) is 1.64. The molecule has 0 saturated carbocycles. The van der Waals surface area contributed by atoms with E-state index >= 15 is 0 Å². The average Bonchev–Trinajstić information content (AvgIpc) is 1.89. The third-order valence-corrected chi connectivity index (χ3v) is 1.03. The zero-order valence-corrected chi connectivity index (χ0v) is 4.67. The molecular weight excluding hydrogens is 118 g/mol. The maximum absolute atomic E-state index is 12.4. The monoisotopic (exact) mass is 123 g/mol. The van der Waals surface area contributed by atoms with Gasteiger partial charge in [-0.05, 0) is 12.1 Å². The Balaban J connectivity index is 3.15. The highest BCUT2D eigenvalue weighted by atomic mass is 18.2. The van der Waals surface area contributed by atoms with Gasteiger partial charge in [-0.2, -0.15) is 0 Å². The van der Waals surface area contributed by atoms with Crippen molar-refractivity contribution >= 4 is 6.29 Å². The van der Waals surface area contributed by atoms with E-state index < -0.39 is 5.82 Å². The van der Waals surface area contributed by atoms with Crippen molar-refractivity contribution in [1.82, 2.24) is 0 Å². The normalized spacial score (nSPS) is 9.00. The maximum atomic E-state index is 12.4. The molecule has 0 saturated heterocycles. The van der Waals surface area contributed by atoms with Crippen LogP contribution in [-0.2, 0) is 0 Å². The molecule has 0 atom stereocenters. The number of aldehydes is 1. The van der Waals surface area contributed by atoms with E-state index in [2.05, 4.69) is 0 Å². The maximum Gasteiger partial charge on any atom is 0.152 e. The van der Waals surface area contributed by atoms with Crippen molar-refractivity contribution in [3.63, 3.8) is 0 Å². The minimum atomic E-state index is -0.465. The fourth-order valence-corrected chi connectivity index (χ4v) is 0.571. The highest BCUT2D eigenvalue weighted by molar-refractivity contribution is 5.74. The molecule has 0 bridgehead atoms. The van der Waals surface area contributed by atoms with Gasteiger partial charge < -0.3 is 0 Å².